The van der Waals surface area contributed by atoms with Gasteiger partial charge in [0.15, 0.2) is 5.82 Å². The van der Waals surface area contributed by atoms with Crippen molar-refractivity contribution in [1.29, 1.82) is 0 Å². The number of rotatable bonds is 1. The number of nitrogens with one attached hydrogen (secondary N) is 1. The molecule has 4 nitrogen and oxygen atoms in total. The molecule has 4 heteroatoms. The average Bonchev–Trinajstić information content (AvgIpc) is 2.09. The quantitative estimate of drug-likeness (QED) is 0.416. The summed E-state index contributed by atoms with van der Waals surface area (Å²) in [5.74, 6) is 5.57. The first-order valence-corrected chi connectivity index (χ1v) is 3.51. The molecule has 0 spiro atoms. The smallest absolute Gasteiger partial charge is 0.163 e. The summed E-state index contributed by atoms with van der Waals surface area (Å²) in [5.41, 5.74) is 8.34. The van der Waals surface area contributed by atoms with Crippen LogP contribution in [0.4, 0.5) is 11.5 Å². The van der Waals surface area contributed by atoms with Crippen molar-refractivity contribution in [3.63, 3.8) is 0 Å². The molecule has 0 saturated carbocycles. The standard InChI is InChI=1S/C5H8N4.C2H6/c6-4-2-1-3-8-5(4)9-7;1-2/h1-3H,6-7H2,(H,8,9);1-2H3. The Morgan fingerprint density at radius 3 is 2.45 bits per heavy atom. The van der Waals surface area contributed by atoms with Gasteiger partial charge in [0.25, 0.3) is 0 Å². The van der Waals surface area contributed by atoms with Gasteiger partial charge in [-0.3, -0.25) is 0 Å². The Bertz CT molecular complexity index is 199. The van der Waals surface area contributed by atoms with Crippen LogP contribution in [0.5, 0.6) is 0 Å². The first-order chi connectivity index (χ1) is 5.34. The van der Waals surface area contributed by atoms with E-state index < -0.39 is 0 Å². The van der Waals surface area contributed by atoms with Crippen LogP contribution in [0.3, 0.4) is 0 Å². The van der Waals surface area contributed by atoms with E-state index in [0.29, 0.717) is 11.5 Å². The molecule has 0 unspecified atom stereocenters. The molecule has 0 aromatic carbocycles. The van der Waals surface area contributed by atoms with Gasteiger partial charge in [-0.25, -0.2) is 10.8 Å². The van der Waals surface area contributed by atoms with Gasteiger partial charge in [-0.1, -0.05) is 13.8 Å². The lowest BCUT2D eigenvalue weighted by Crippen LogP contribution is -2.10. The number of aromatic nitrogens is 1. The maximum atomic E-state index is 5.43. The molecule has 1 aromatic heterocycles. The van der Waals surface area contributed by atoms with E-state index in [-0.39, 0.29) is 0 Å². The van der Waals surface area contributed by atoms with E-state index in [9.17, 15) is 0 Å². The molecule has 0 radical (unpaired) electrons. The van der Waals surface area contributed by atoms with Crippen LogP contribution in [-0.4, -0.2) is 4.98 Å². The van der Waals surface area contributed by atoms with E-state index in [4.69, 9.17) is 11.6 Å². The predicted octanol–water partition coefficient (Wildman–Crippen LogP) is 0.976. The largest absolute Gasteiger partial charge is 0.396 e. The van der Waals surface area contributed by atoms with Crippen LogP contribution in [-0.2, 0) is 0 Å². The maximum absolute atomic E-state index is 5.43. The molecule has 0 aliphatic heterocycles. The van der Waals surface area contributed by atoms with Crippen molar-refractivity contribution in [1.82, 2.24) is 4.98 Å². The average molecular weight is 154 g/mol. The number of hydrazine groups is 1. The first-order valence-electron chi connectivity index (χ1n) is 3.51. The van der Waals surface area contributed by atoms with Crippen LogP contribution in [0.1, 0.15) is 13.8 Å². The lowest BCUT2D eigenvalue weighted by Gasteiger charge is -1.99. The van der Waals surface area contributed by atoms with Gasteiger partial charge in [0, 0.05) is 6.20 Å². The van der Waals surface area contributed by atoms with E-state index in [1.807, 2.05) is 13.8 Å². The molecule has 0 atom stereocenters. The molecular weight excluding hydrogens is 140 g/mol. The summed E-state index contributed by atoms with van der Waals surface area (Å²) in [7, 11) is 0. The fraction of sp³-hybridized carbons (Fsp3) is 0.286. The minimum absolute atomic E-state index is 0.512. The van der Waals surface area contributed by atoms with Gasteiger partial charge in [-0.2, -0.15) is 0 Å². The van der Waals surface area contributed by atoms with Crippen molar-refractivity contribution < 1.29 is 0 Å². The summed E-state index contributed by atoms with van der Waals surface area (Å²) < 4.78 is 0. The lowest BCUT2D eigenvalue weighted by molar-refractivity contribution is 1.23. The number of hydrogen-bond donors (Lipinski definition) is 3. The van der Waals surface area contributed by atoms with Crippen LogP contribution >= 0.6 is 0 Å². The molecule has 1 heterocycles. The molecule has 0 fully saturated rings. The molecule has 0 saturated heterocycles. The fourth-order valence-electron chi connectivity index (χ4n) is 0.538. The number of hydrogen-bond acceptors (Lipinski definition) is 4. The molecule has 1 rings (SSSR count). The van der Waals surface area contributed by atoms with Gasteiger partial charge >= 0.3 is 0 Å². The Morgan fingerprint density at radius 2 is 2.09 bits per heavy atom. The highest BCUT2D eigenvalue weighted by Crippen LogP contribution is 2.09. The van der Waals surface area contributed by atoms with Crippen LogP contribution in [0.15, 0.2) is 18.3 Å². The summed E-state index contributed by atoms with van der Waals surface area (Å²) in [4.78, 5) is 3.84. The van der Waals surface area contributed by atoms with Crippen molar-refractivity contribution in [2.45, 2.75) is 13.8 Å². The van der Waals surface area contributed by atoms with Gasteiger partial charge in [-0.05, 0) is 12.1 Å². The van der Waals surface area contributed by atoms with Crippen LogP contribution in [0.2, 0.25) is 0 Å². The molecular formula is C7H14N4. The van der Waals surface area contributed by atoms with E-state index in [2.05, 4.69) is 10.4 Å². The van der Waals surface area contributed by atoms with Gasteiger partial charge < -0.3 is 11.2 Å². The molecule has 0 amide bonds. The number of nitrogens with two attached hydrogens (primary N) is 2. The normalized spacial score (nSPS) is 7.91. The molecule has 62 valence electrons. The molecule has 5 N–H and O–H groups in total. The van der Waals surface area contributed by atoms with E-state index in [1.165, 1.54) is 0 Å². The molecule has 0 bridgehead atoms. The highest BCUT2D eigenvalue weighted by Gasteiger charge is 1.91. The SMILES string of the molecule is CC.NNc1ncccc1N. The summed E-state index contributed by atoms with van der Waals surface area (Å²) in [6.07, 6.45) is 1.62. The molecule has 0 aliphatic rings. The van der Waals surface area contributed by atoms with Crippen molar-refractivity contribution in [3.05, 3.63) is 18.3 Å². The van der Waals surface area contributed by atoms with Crippen molar-refractivity contribution >= 4 is 11.5 Å². The summed E-state index contributed by atoms with van der Waals surface area (Å²) in [5, 5.41) is 0. The Kier molecular flexibility index (Phi) is 4.85. The Balaban J connectivity index is 0.000000461. The zero-order valence-corrected chi connectivity index (χ0v) is 6.83. The monoisotopic (exact) mass is 154 g/mol. The maximum Gasteiger partial charge on any atom is 0.163 e. The Hall–Kier alpha value is -1.29. The minimum Gasteiger partial charge on any atom is -0.396 e. The third-order valence-corrected chi connectivity index (χ3v) is 0.976. The van der Waals surface area contributed by atoms with E-state index in [0.717, 1.165) is 0 Å². The minimum atomic E-state index is 0.512. The van der Waals surface area contributed by atoms with Crippen LogP contribution in [0.25, 0.3) is 0 Å². The summed E-state index contributed by atoms with van der Waals surface area (Å²) in [6.45, 7) is 4.00. The summed E-state index contributed by atoms with van der Waals surface area (Å²) >= 11 is 0. The van der Waals surface area contributed by atoms with Crippen molar-refractivity contribution in [3.8, 4) is 0 Å². The second-order valence-electron chi connectivity index (χ2n) is 1.59. The number of nitrogens with zero attached hydrogens (tertiary/aromatic N) is 1. The molecule has 1 aromatic rings. The number of pyridine rings is 1. The van der Waals surface area contributed by atoms with Gasteiger partial charge in [0.2, 0.25) is 0 Å². The van der Waals surface area contributed by atoms with Gasteiger partial charge in [0.1, 0.15) is 0 Å². The van der Waals surface area contributed by atoms with Gasteiger partial charge in [0.05, 0.1) is 5.69 Å². The van der Waals surface area contributed by atoms with Crippen LogP contribution in [0, 0.1) is 0 Å². The number of nitrogen functional groups attached to an aromatic ring is 2. The first kappa shape index (κ1) is 9.71. The highest BCUT2D eigenvalue weighted by atomic mass is 15.3. The van der Waals surface area contributed by atoms with Crippen LogP contribution < -0.4 is 17.0 Å². The third kappa shape index (κ3) is 2.86. The topological polar surface area (TPSA) is 77.0 Å². The second kappa shape index (κ2) is 5.49. The molecule has 11 heavy (non-hydrogen) atoms. The van der Waals surface area contributed by atoms with E-state index in [1.54, 1.807) is 18.3 Å². The second-order valence-corrected chi connectivity index (χ2v) is 1.59. The van der Waals surface area contributed by atoms with Crippen molar-refractivity contribution in [2.24, 2.45) is 5.84 Å². The summed E-state index contributed by atoms with van der Waals surface area (Å²) in [6, 6.07) is 3.47. The Labute approximate surface area is 66.6 Å². The van der Waals surface area contributed by atoms with Crippen molar-refractivity contribution in [2.75, 3.05) is 11.2 Å². The zero-order chi connectivity index (χ0) is 8.69. The number of anilines is 2. The molecule has 0 aliphatic carbocycles. The third-order valence-electron chi connectivity index (χ3n) is 0.976. The highest BCUT2D eigenvalue weighted by molar-refractivity contribution is 5.59. The van der Waals surface area contributed by atoms with Gasteiger partial charge in [-0.15, -0.1) is 0 Å². The zero-order valence-electron chi connectivity index (χ0n) is 6.83. The van der Waals surface area contributed by atoms with E-state index >= 15 is 0 Å². The lowest BCUT2D eigenvalue weighted by atomic mass is 10.4. The predicted molar refractivity (Wildman–Crippen MR) is 47.8 cm³/mol. The Morgan fingerprint density at radius 1 is 1.45 bits per heavy atom. The fourth-order valence-corrected chi connectivity index (χ4v) is 0.538.